The molecular weight excluding hydrogens is 282 g/mol. The largest absolute Gasteiger partial charge is 0.289 e. The molecule has 0 N–H and O–H groups in total. The standard InChI is InChI=1S/C16H15N3O3/c1-12-14(11-18(2)17-12)16(20)10-6-4-8-13-7-3-5-9-15(13)19(21)22/h3-11H,1-2H3/b8-4-,10-6+. The van der Waals surface area contributed by atoms with E-state index in [1.165, 1.54) is 12.1 Å². The van der Waals surface area contributed by atoms with Crippen molar-refractivity contribution in [2.75, 3.05) is 0 Å². The van der Waals surface area contributed by atoms with E-state index in [2.05, 4.69) is 5.10 Å². The van der Waals surface area contributed by atoms with Crippen molar-refractivity contribution in [1.29, 1.82) is 0 Å². The van der Waals surface area contributed by atoms with Gasteiger partial charge in [-0.25, -0.2) is 0 Å². The number of ketones is 1. The number of hydrogen-bond acceptors (Lipinski definition) is 4. The summed E-state index contributed by atoms with van der Waals surface area (Å²) >= 11 is 0. The highest BCUT2D eigenvalue weighted by Crippen LogP contribution is 2.18. The average molecular weight is 297 g/mol. The van der Waals surface area contributed by atoms with Crippen LogP contribution in [0.25, 0.3) is 6.08 Å². The first-order valence-electron chi connectivity index (χ1n) is 6.62. The van der Waals surface area contributed by atoms with Crippen LogP contribution in [0.2, 0.25) is 0 Å². The summed E-state index contributed by atoms with van der Waals surface area (Å²) in [6.07, 6.45) is 7.83. The first kappa shape index (κ1) is 15.4. The molecule has 0 amide bonds. The van der Waals surface area contributed by atoms with Gasteiger partial charge in [-0.2, -0.15) is 5.10 Å². The first-order chi connectivity index (χ1) is 10.5. The number of nitrogens with zero attached hydrogens (tertiary/aromatic N) is 3. The lowest BCUT2D eigenvalue weighted by Crippen LogP contribution is -1.94. The summed E-state index contributed by atoms with van der Waals surface area (Å²) < 4.78 is 1.58. The second-order valence-corrected chi connectivity index (χ2v) is 4.70. The Morgan fingerprint density at radius 3 is 2.68 bits per heavy atom. The van der Waals surface area contributed by atoms with E-state index in [0.717, 1.165) is 0 Å². The minimum atomic E-state index is -0.437. The zero-order valence-corrected chi connectivity index (χ0v) is 12.3. The van der Waals surface area contributed by atoms with E-state index < -0.39 is 4.92 Å². The molecule has 6 nitrogen and oxygen atoms in total. The fraction of sp³-hybridized carbons (Fsp3) is 0.125. The number of aromatic nitrogens is 2. The van der Waals surface area contributed by atoms with Crippen molar-refractivity contribution in [2.24, 2.45) is 7.05 Å². The summed E-state index contributed by atoms with van der Waals surface area (Å²) in [7, 11) is 1.75. The molecule has 0 bridgehead atoms. The van der Waals surface area contributed by atoms with Crippen LogP contribution in [0.4, 0.5) is 5.69 Å². The van der Waals surface area contributed by atoms with Crippen LogP contribution >= 0.6 is 0 Å². The molecule has 0 spiro atoms. The smallest absolute Gasteiger partial charge is 0.276 e. The van der Waals surface area contributed by atoms with Gasteiger partial charge in [0.25, 0.3) is 5.69 Å². The summed E-state index contributed by atoms with van der Waals surface area (Å²) in [6.45, 7) is 1.77. The number of nitro benzene ring substituents is 1. The van der Waals surface area contributed by atoms with Crippen LogP contribution in [0.3, 0.4) is 0 Å². The van der Waals surface area contributed by atoms with Crippen molar-refractivity contribution in [3.05, 3.63) is 75.6 Å². The number of carbonyl (C=O) groups is 1. The highest BCUT2D eigenvalue weighted by Gasteiger charge is 2.10. The number of allylic oxidation sites excluding steroid dienone is 3. The van der Waals surface area contributed by atoms with Crippen LogP contribution in [-0.2, 0) is 7.05 Å². The fourth-order valence-corrected chi connectivity index (χ4v) is 2.03. The third-order valence-corrected chi connectivity index (χ3v) is 3.05. The van der Waals surface area contributed by atoms with Crippen molar-refractivity contribution in [1.82, 2.24) is 9.78 Å². The van der Waals surface area contributed by atoms with Crippen LogP contribution in [0.1, 0.15) is 21.6 Å². The van der Waals surface area contributed by atoms with Crippen LogP contribution in [-0.4, -0.2) is 20.5 Å². The summed E-state index contributed by atoms with van der Waals surface area (Å²) in [6, 6.07) is 6.42. The Kier molecular flexibility index (Phi) is 4.63. The highest BCUT2D eigenvalue weighted by atomic mass is 16.6. The van der Waals surface area contributed by atoms with Crippen molar-refractivity contribution >= 4 is 17.5 Å². The first-order valence-corrected chi connectivity index (χ1v) is 6.62. The Morgan fingerprint density at radius 1 is 1.32 bits per heavy atom. The Labute approximate surface area is 127 Å². The average Bonchev–Trinajstić information content (AvgIpc) is 2.82. The normalized spacial score (nSPS) is 11.4. The summed E-state index contributed by atoms with van der Waals surface area (Å²) in [5.74, 6) is -0.155. The van der Waals surface area contributed by atoms with E-state index in [4.69, 9.17) is 0 Å². The molecule has 0 saturated heterocycles. The monoisotopic (exact) mass is 297 g/mol. The van der Waals surface area contributed by atoms with Crippen molar-refractivity contribution < 1.29 is 9.72 Å². The van der Waals surface area contributed by atoms with Crippen molar-refractivity contribution in [3.8, 4) is 0 Å². The quantitative estimate of drug-likeness (QED) is 0.279. The predicted molar refractivity (Wildman–Crippen MR) is 83.5 cm³/mol. The topological polar surface area (TPSA) is 78.0 Å². The number of aryl methyl sites for hydroxylation is 2. The predicted octanol–water partition coefficient (Wildman–Crippen LogP) is 3.09. The highest BCUT2D eigenvalue weighted by molar-refractivity contribution is 6.05. The molecule has 2 rings (SSSR count). The van der Waals surface area contributed by atoms with Crippen LogP contribution in [0.5, 0.6) is 0 Å². The van der Waals surface area contributed by atoms with Gasteiger partial charge >= 0.3 is 0 Å². The van der Waals surface area contributed by atoms with Crippen molar-refractivity contribution in [2.45, 2.75) is 6.92 Å². The van der Waals surface area contributed by atoms with Gasteiger partial charge in [-0.15, -0.1) is 0 Å². The molecule has 2 aromatic rings. The molecule has 0 fully saturated rings. The lowest BCUT2D eigenvalue weighted by molar-refractivity contribution is -0.385. The van der Waals surface area contributed by atoms with Gasteiger partial charge in [0.1, 0.15) is 0 Å². The number of benzene rings is 1. The fourth-order valence-electron chi connectivity index (χ4n) is 2.03. The maximum Gasteiger partial charge on any atom is 0.276 e. The number of para-hydroxylation sites is 1. The van der Waals surface area contributed by atoms with Crippen LogP contribution in [0, 0.1) is 17.0 Å². The molecule has 22 heavy (non-hydrogen) atoms. The van der Waals surface area contributed by atoms with Gasteiger partial charge in [-0.3, -0.25) is 19.6 Å². The lowest BCUT2D eigenvalue weighted by Gasteiger charge is -1.95. The van der Waals surface area contributed by atoms with Gasteiger partial charge in [0.15, 0.2) is 5.78 Å². The Hall–Kier alpha value is -3.02. The molecule has 0 unspecified atom stereocenters. The summed E-state index contributed by atoms with van der Waals surface area (Å²) in [4.78, 5) is 22.4. The summed E-state index contributed by atoms with van der Waals surface area (Å²) in [5, 5.41) is 15.0. The minimum absolute atomic E-state index is 0.0292. The molecule has 1 aromatic carbocycles. The Bertz CT molecular complexity index is 773. The van der Waals surface area contributed by atoms with E-state index in [0.29, 0.717) is 16.8 Å². The van der Waals surface area contributed by atoms with Gasteiger partial charge in [-0.05, 0) is 25.1 Å². The molecule has 1 aromatic heterocycles. The van der Waals surface area contributed by atoms with Crippen LogP contribution in [0.15, 0.2) is 48.7 Å². The third kappa shape index (κ3) is 3.54. The lowest BCUT2D eigenvalue weighted by atomic mass is 10.1. The van der Waals surface area contributed by atoms with E-state index in [9.17, 15) is 14.9 Å². The van der Waals surface area contributed by atoms with Gasteiger partial charge in [0.2, 0.25) is 0 Å². The molecule has 0 saturated carbocycles. The second-order valence-electron chi connectivity index (χ2n) is 4.70. The second kappa shape index (κ2) is 6.62. The molecule has 0 aliphatic rings. The van der Waals surface area contributed by atoms with E-state index in [1.807, 2.05) is 0 Å². The molecular formula is C16H15N3O3. The van der Waals surface area contributed by atoms with E-state index in [-0.39, 0.29) is 11.5 Å². The molecule has 0 aliphatic carbocycles. The number of carbonyl (C=O) groups excluding carboxylic acids is 1. The molecule has 1 heterocycles. The van der Waals surface area contributed by atoms with Gasteiger partial charge in [-0.1, -0.05) is 24.3 Å². The number of hydrogen-bond donors (Lipinski definition) is 0. The zero-order valence-electron chi connectivity index (χ0n) is 12.3. The number of rotatable bonds is 5. The van der Waals surface area contributed by atoms with Gasteiger partial charge in [0, 0.05) is 19.3 Å². The van der Waals surface area contributed by atoms with Gasteiger partial charge < -0.3 is 0 Å². The number of nitro groups is 1. The van der Waals surface area contributed by atoms with Crippen LogP contribution < -0.4 is 0 Å². The Morgan fingerprint density at radius 2 is 2.05 bits per heavy atom. The van der Waals surface area contributed by atoms with E-state index >= 15 is 0 Å². The molecule has 112 valence electrons. The Balaban J connectivity index is 2.11. The SMILES string of the molecule is Cc1nn(C)cc1C(=O)/C=C/C=C\c1ccccc1[N+](=O)[O-]. The van der Waals surface area contributed by atoms with E-state index in [1.54, 1.807) is 61.3 Å². The van der Waals surface area contributed by atoms with Gasteiger partial charge in [0.05, 0.1) is 21.7 Å². The maximum atomic E-state index is 12.0. The molecule has 0 radical (unpaired) electrons. The third-order valence-electron chi connectivity index (χ3n) is 3.05. The molecule has 0 aliphatic heterocycles. The van der Waals surface area contributed by atoms with Crippen molar-refractivity contribution in [3.63, 3.8) is 0 Å². The summed E-state index contributed by atoms with van der Waals surface area (Å²) in [5.41, 5.74) is 1.72. The molecule has 6 heteroatoms. The molecule has 0 atom stereocenters. The zero-order chi connectivity index (χ0) is 16.1. The maximum absolute atomic E-state index is 12.0. The minimum Gasteiger partial charge on any atom is -0.289 e.